The summed E-state index contributed by atoms with van der Waals surface area (Å²) in [4.78, 5) is 30.6. The van der Waals surface area contributed by atoms with Gasteiger partial charge in [-0.05, 0) is 95.8 Å². The zero-order valence-corrected chi connectivity index (χ0v) is 22.3. The van der Waals surface area contributed by atoms with Crippen molar-refractivity contribution in [1.29, 1.82) is 0 Å². The lowest BCUT2D eigenvalue weighted by Gasteiger charge is -2.08. The van der Waals surface area contributed by atoms with Crippen molar-refractivity contribution in [3.05, 3.63) is 115 Å². The van der Waals surface area contributed by atoms with E-state index in [-0.39, 0.29) is 22.9 Å². The summed E-state index contributed by atoms with van der Waals surface area (Å²) >= 11 is 0. The molecule has 0 saturated carbocycles. The van der Waals surface area contributed by atoms with Crippen molar-refractivity contribution in [1.82, 2.24) is 0 Å². The summed E-state index contributed by atoms with van der Waals surface area (Å²) in [7, 11) is 2.78. The Balaban J connectivity index is 1.53. The first-order valence-corrected chi connectivity index (χ1v) is 12.1. The smallest absolute Gasteiger partial charge is 0.311 e. The Labute approximate surface area is 230 Å². The van der Waals surface area contributed by atoms with Crippen LogP contribution < -0.4 is 9.47 Å². The fourth-order valence-corrected chi connectivity index (χ4v) is 4.11. The van der Waals surface area contributed by atoms with Crippen molar-refractivity contribution in [2.45, 2.75) is 13.8 Å². The van der Waals surface area contributed by atoms with Gasteiger partial charge >= 0.3 is 11.4 Å². The Kier molecular flexibility index (Phi) is 8.29. The SMILES string of the molecule is COc1ccc(C=Nc2ccc(-c3ccc(N=Cc4ccc(OC)c([N+](=O)[O-])c4)c(C)c3)cc2C)cc1[N+](=O)[O-]. The second-order valence-electron chi connectivity index (χ2n) is 8.90. The normalized spacial score (nSPS) is 11.2. The van der Waals surface area contributed by atoms with Gasteiger partial charge in [-0.25, -0.2) is 0 Å². The molecule has 0 aliphatic rings. The average molecular weight is 539 g/mol. The van der Waals surface area contributed by atoms with E-state index in [1.807, 2.05) is 50.2 Å². The molecule has 0 aromatic heterocycles. The third-order valence-electron chi connectivity index (χ3n) is 6.23. The standard InChI is InChI=1S/C30H26N4O6/c1-19-13-23(7-9-25(19)31-17-21-5-11-29(39-3)27(15-21)33(35)36)24-8-10-26(20(2)14-24)32-18-22-6-12-30(40-4)28(16-22)34(37)38/h5-18H,1-4H3. The molecule has 4 rings (SSSR count). The molecule has 0 saturated heterocycles. The maximum absolute atomic E-state index is 11.3. The predicted octanol–water partition coefficient (Wildman–Crippen LogP) is 7.31. The summed E-state index contributed by atoms with van der Waals surface area (Å²) in [5.74, 6) is 0.388. The molecule has 10 nitrogen and oxygen atoms in total. The number of nitrogens with zero attached hydrogens (tertiary/aromatic N) is 4. The molecule has 0 aliphatic heterocycles. The van der Waals surface area contributed by atoms with Crippen LogP contribution in [0.2, 0.25) is 0 Å². The Hall–Kier alpha value is -5.38. The van der Waals surface area contributed by atoms with Crippen molar-refractivity contribution in [2.24, 2.45) is 9.98 Å². The summed E-state index contributed by atoms with van der Waals surface area (Å²) in [5.41, 5.74) is 6.32. The molecule has 10 heteroatoms. The van der Waals surface area contributed by atoms with Crippen molar-refractivity contribution in [3.8, 4) is 22.6 Å². The van der Waals surface area contributed by atoms with E-state index in [0.29, 0.717) is 11.1 Å². The lowest BCUT2D eigenvalue weighted by molar-refractivity contribution is -0.385. The van der Waals surface area contributed by atoms with Crippen LogP contribution in [0.1, 0.15) is 22.3 Å². The number of methoxy groups -OCH3 is 2. The van der Waals surface area contributed by atoms with Crippen LogP contribution in [0.25, 0.3) is 11.1 Å². The van der Waals surface area contributed by atoms with E-state index in [2.05, 4.69) is 9.98 Å². The van der Waals surface area contributed by atoms with Gasteiger partial charge in [-0.2, -0.15) is 0 Å². The summed E-state index contributed by atoms with van der Waals surface area (Å²) < 4.78 is 10.1. The average Bonchev–Trinajstić information content (AvgIpc) is 2.95. The van der Waals surface area contributed by atoms with Crippen molar-refractivity contribution >= 4 is 35.2 Å². The number of hydrogen-bond donors (Lipinski definition) is 0. The van der Waals surface area contributed by atoms with Gasteiger partial charge in [-0.1, -0.05) is 12.1 Å². The van der Waals surface area contributed by atoms with Gasteiger partial charge in [0.25, 0.3) is 0 Å². The zero-order valence-electron chi connectivity index (χ0n) is 22.3. The lowest BCUT2D eigenvalue weighted by Crippen LogP contribution is -1.95. The summed E-state index contributed by atoms with van der Waals surface area (Å²) in [6.45, 7) is 3.90. The molecule has 202 valence electrons. The molecule has 0 aliphatic carbocycles. The Morgan fingerprint density at radius 2 is 1.02 bits per heavy atom. The minimum Gasteiger partial charge on any atom is -0.490 e. The van der Waals surface area contributed by atoms with E-state index in [1.54, 1.807) is 36.7 Å². The van der Waals surface area contributed by atoms with Crippen LogP contribution in [0.3, 0.4) is 0 Å². The molecular weight excluding hydrogens is 512 g/mol. The topological polar surface area (TPSA) is 129 Å². The lowest BCUT2D eigenvalue weighted by atomic mass is 10.00. The van der Waals surface area contributed by atoms with Crippen LogP contribution in [0.4, 0.5) is 22.7 Å². The minimum atomic E-state index is -0.486. The quantitative estimate of drug-likeness (QED) is 0.125. The molecule has 0 spiro atoms. The third kappa shape index (κ3) is 6.18. The van der Waals surface area contributed by atoms with Crippen LogP contribution in [0.15, 0.2) is 82.8 Å². The largest absolute Gasteiger partial charge is 0.490 e. The number of benzene rings is 4. The number of nitro benzene ring substituents is 2. The van der Waals surface area contributed by atoms with Crippen LogP contribution in [-0.2, 0) is 0 Å². The number of rotatable bonds is 9. The van der Waals surface area contributed by atoms with Crippen LogP contribution in [0.5, 0.6) is 11.5 Å². The fourth-order valence-electron chi connectivity index (χ4n) is 4.11. The van der Waals surface area contributed by atoms with Crippen molar-refractivity contribution in [2.75, 3.05) is 14.2 Å². The Bertz CT molecular complexity index is 1540. The van der Waals surface area contributed by atoms with Gasteiger partial charge in [0.05, 0.1) is 35.4 Å². The Morgan fingerprint density at radius 3 is 1.35 bits per heavy atom. The van der Waals surface area contributed by atoms with E-state index >= 15 is 0 Å². The highest BCUT2D eigenvalue weighted by Gasteiger charge is 2.15. The van der Waals surface area contributed by atoms with Crippen molar-refractivity contribution < 1.29 is 19.3 Å². The van der Waals surface area contributed by atoms with E-state index in [9.17, 15) is 20.2 Å². The first-order valence-electron chi connectivity index (χ1n) is 12.1. The highest BCUT2D eigenvalue weighted by atomic mass is 16.6. The van der Waals surface area contributed by atoms with Gasteiger partial charge in [-0.3, -0.25) is 30.2 Å². The molecule has 0 bridgehead atoms. The van der Waals surface area contributed by atoms with E-state index < -0.39 is 9.85 Å². The van der Waals surface area contributed by atoms with E-state index in [4.69, 9.17) is 9.47 Å². The molecule has 4 aromatic rings. The number of aliphatic imine (C=N–C) groups is 2. The molecule has 0 heterocycles. The van der Waals surface area contributed by atoms with Gasteiger partial charge in [0.15, 0.2) is 11.5 Å². The van der Waals surface area contributed by atoms with Crippen molar-refractivity contribution in [3.63, 3.8) is 0 Å². The van der Waals surface area contributed by atoms with E-state index in [1.165, 1.54) is 26.4 Å². The highest BCUT2D eigenvalue weighted by molar-refractivity contribution is 5.85. The predicted molar refractivity (Wildman–Crippen MR) is 155 cm³/mol. The number of aryl methyl sites for hydroxylation is 2. The Morgan fingerprint density at radius 1 is 0.625 bits per heavy atom. The summed E-state index contributed by atoms with van der Waals surface area (Å²) in [6, 6.07) is 21.1. The summed E-state index contributed by atoms with van der Waals surface area (Å²) in [5, 5.41) is 22.6. The number of ether oxygens (including phenoxy) is 2. The molecule has 0 atom stereocenters. The van der Waals surface area contributed by atoms with Gasteiger partial charge in [-0.15, -0.1) is 0 Å². The highest BCUT2D eigenvalue weighted by Crippen LogP contribution is 2.32. The number of hydrogen-bond acceptors (Lipinski definition) is 8. The van der Waals surface area contributed by atoms with Crippen LogP contribution >= 0.6 is 0 Å². The molecule has 40 heavy (non-hydrogen) atoms. The molecule has 0 fully saturated rings. The first kappa shape index (κ1) is 27.6. The second kappa shape index (κ2) is 12.0. The van der Waals surface area contributed by atoms with Crippen LogP contribution in [0, 0.1) is 34.1 Å². The van der Waals surface area contributed by atoms with Crippen LogP contribution in [-0.4, -0.2) is 36.5 Å². The molecule has 4 aromatic carbocycles. The maximum atomic E-state index is 11.3. The molecule has 0 radical (unpaired) electrons. The van der Waals surface area contributed by atoms with Gasteiger partial charge in [0.1, 0.15) is 0 Å². The molecular formula is C30H26N4O6. The molecule has 0 unspecified atom stereocenters. The minimum absolute atomic E-state index is 0.119. The fraction of sp³-hybridized carbons (Fsp3) is 0.133. The summed E-state index contributed by atoms with van der Waals surface area (Å²) in [6.07, 6.45) is 3.17. The second-order valence-corrected chi connectivity index (χ2v) is 8.90. The van der Waals surface area contributed by atoms with Gasteiger partial charge in [0.2, 0.25) is 0 Å². The number of nitro groups is 2. The molecule has 0 amide bonds. The monoisotopic (exact) mass is 538 g/mol. The van der Waals surface area contributed by atoms with Gasteiger partial charge < -0.3 is 9.47 Å². The zero-order chi connectivity index (χ0) is 28.8. The first-order chi connectivity index (χ1) is 19.2. The van der Waals surface area contributed by atoms with Gasteiger partial charge in [0, 0.05) is 24.6 Å². The maximum Gasteiger partial charge on any atom is 0.311 e. The third-order valence-corrected chi connectivity index (χ3v) is 6.23. The van der Waals surface area contributed by atoms with E-state index in [0.717, 1.165) is 33.6 Å². The molecule has 0 N–H and O–H groups in total.